The predicted octanol–water partition coefficient (Wildman–Crippen LogP) is 3.22. The van der Waals surface area contributed by atoms with E-state index in [-0.39, 0.29) is 11.9 Å². The Morgan fingerprint density at radius 3 is 2.89 bits per heavy atom. The van der Waals surface area contributed by atoms with Crippen LogP contribution in [-0.2, 0) is 6.54 Å². The number of carbonyl (C=O) groups excluding carboxylic acids is 1. The van der Waals surface area contributed by atoms with E-state index in [1.54, 1.807) is 23.9 Å². The van der Waals surface area contributed by atoms with Gasteiger partial charge in [0.1, 0.15) is 5.69 Å². The average Bonchev–Trinajstić information content (AvgIpc) is 3.06. The van der Waals surface area contributed by atoms with E-state index >= 15 is 0 Å². The number of amides is 1. The number of rotatable bonds is 5. The van der Waals surface area contributed by atoms with Gasteiger partial charge in [0, 0.05) is 10.9 Å². The molecule has 0 aliphatic rings. The molecule has 4 nitrogen and oxygen atoms in total. The highest BCUT2D eigenvalue weighted by atomic mass is 32.1. The summed E-state index contributed by atoms with van der Waals surface area (Å²) >= 11 is 1.70. The van der Waals surface area contributed by atoms with Gasteiger partial charge in [0.25, 0.3) is 5.91 Å². The van der Waals surface area contributed by atoms with Crippen LogP contribution in [-0.4, -0.2) is 26.8 Å². The molecule has 0 radical (unpaired) electrons. The Kier molecular flexibility index (Phi) is 4.37. The molecule has 0 saturated heterocycles. The number of hydrogen-bond acceptors (Lipinski definition) is 3. The highest BCUT2D eigenvalue weighted by molar-refractivity contribution is 7.10. The van der Waals surface area contributed by atoms with Gasteiger partial charge in [-0.3, -0.25) is 4.79 Å². The number of aromatic nitrogens is 2. The molecule has 0 saturated carbocycles. The van der Waals surface area contributed by atoms with Crippen molar-refractivity contribution in [2.75, 3.05) is 0 Å². The van der Waals surface area contributed by atoms with E-state index < -0.39 is 0 Å². The van der Waals surface area contributed by atoms with Crippen molar-refractivity contribution in [2.24, 2.45) is 0 Å². The van der Waals surface area contributed by atoms with E-state index in [0.29, 0.717) is 12.2 Å². The van der Waals surface area contributed by atoms with E-state index in [4.69, 9.17) is 0 Å². The Balaban J connectivity index is 2.21. The SMILES string of the molecule is CC[C@@H](C)N(Cc1sccc1C)C(=O)c1cnc[nH]1. The largest absolute Gasteiger partial charge is 0.341 e. The van der Waals surface area contributed by atoms with Crippen LogP contribution in [0.1, 0.15) is 41.2 Å². The van der Waals surface area contributed by atoms with Gasteiger partial charge >= 0.3 is 0 Å². The lowest BCUT2D eigenvalue weighted by Gasteiger charge is -2.28. The van der Waals surface area contributed by atoms with Crippen molar-refractivity contribution in [3.05, 3.63) is 40.1 Å². The van der Waals surface area contributed by atoms with Crippen LogP contribution in [0.25, 0.3) is 0 Å². The molecule has 19 heavy (non-hydrogen) atoms. The molecule has 1 amide bonds. The van der Waals surface area contributed by atoms with Gasteiger partial charge in [-0.15, -0.1) is 11.3 Å². The lowest BCUT2D eigenvalue weighted by atomic mass is 10.2. The number of aryl methyl sites for hydroxylation is 1. The molecule has 2 aromatic rings. The van der Waals surface area contributed by atoms with Crippen LogP contribution in [0.15, 0.2) is 24.0 Å². The average molecular weight is 277 g/mol. The molecule has 1 atom stereocenters. The number of nitrogens with zero attached hydrogens (tertiary/aromatic N) is 2. The third kappa shape index (κ3) is 3.04. The van der Waals surface area contributed by atoms with Crippen molar-refractivity contribution < 1.29 is 4.79 Å². The zero-order valence-corrected chi connectivity index (χ0v) is 12.3. The molecule has 2 heterocycles. The summed E-state index contributed by atoms with van der Waals surface area (Å²) in [6.45, 7) is 6.92. The maximum atomic E-state index is 12.5. The maximum absolute atomic E-state index is 12.5. The summed E-state index contributed by atoms with van der Waals surface area (Å²) in [6.07, 6.45) is 4.06. The Morgan fingerprint density at radius 1 is 1.58 bits per heavy atom. The van der Waals surface area contributed by atoms with Crippen LogP contribution >= 0.6 is 11.3 Å². The summed E-state index contributed by atoms with van der Waals surface area (Å²) in [5.74, 6) is 0.0136. The highest BCUT2D eigenvalue weighted by Crippen LogP contribution is 2.21. The second kappa shape index (κ2) is 6.02. The number of aromatic amines is 1. The van der Waals surface area contributed by atoms with Crippen molar-refractivity contribution >= 4 is 17.2 Å². The van der Waals surface area contributed by atoms with Gasteiger partial charge in [0.2, 0.25) is 0 Å². The minimum atomic E-state index is 0.0136. The van der Waals surface area contributed by atoms with Crippen LogP contribution in [0, 0.1) is 6.92 Å². The van der Waals surface area contributed by atoms with Crippen LogP contribution in [0.4, 0.5) is 0 Å². The van der Waals surface area contributed by atoms with Gasteiger partial charge in [-0.05, 0) is 37.3 Å². The zero-order chi connectivity index (χ0) is 13.8. The molecule has 0 unspecified atom stereocenters. The number of imidazole rings is 1. The van der Waals surface area contributed by atoms with E-state index in [2.05, 4.69) is 42.2 Å². The summed E-state index contributed by atoms with van der Waals surface area (Å²) in [7, 11) is 0. The smallest absolute Gasteiger partial charge is 0.272 e. The van der Waals surface area contributed by atoms with E-state index in [1.165, 1.54) is 10.4 Å². The monoisotopic (exact) mass is 277 g/mol. The van der Waals surface area contributed by atoms with Crippen LogP contribution in [0.5, 0.6) is 0 Å². The molecule has 0 fully saturated rings. The minimum absolute atomic E-state index is 0.0136. The molecule has 0 aliphatic heterocycles. The van der Waals surface area contributed by atoms with Crippen molar-refractivity contribution in [3.63, 3.8) is 0 Å². The Bertz CT molecular complexity index is 533. The fourth-order valence-corrected chi connectivity index (χ4v) is 2.80. The van der Waals surface area contributed by atoms with Gasteiger partial charge in [0.05, 0.1) is 19.1 Å². The van der Waals surface area contributed by atoms with E-state index in [1.807, 2.05) is 4.90 Å². The Labute approximate surface area is 117 Å². The first-order valence-corrected chi connectivity index (χ1v) is 7.33. The summed E-state index contributed by atoms with van der Waals surface area (Å²) in [5.41, 5.74) is 1.80. The normalized spacial score (nSPS) is 12.4. The second-order valence-corrected chi connectivity index (χ2v) is 5.68. The first-order chi connectivity index (χ1) is 9.13. The first-order valence-electron chi connectivity index (χ1n) is 6.45. The summed E-state index contributed by atoms with van der Waals surface area (Å²) in [4.78, 5) is 22.5. The molecule has 102 valence electrons. The number of carbonyl (C=O) groups is 1. The lowest BCUT2D eigenvalue weighted by molar-refractivity contribution is 0.0668. The number of H-pyrrole nitrogens is 1. The number of thiophene rings is 1. The number of hydrogen-bond donors (Lipinski definition) is 1. The molecule has 0 bridgehead atoms. The molecule has 2 rings (SSSR count). The summed E-state index contributed by atoms with van der Waals surface area (Å²) < 4.78 is 0. The van der Waals surface area contributed by atoms with Crippen molar-refractivity contribution in [2.45, 2.75) is 39.8 Å². The van der Waals surface area contributed by atoms with Crippen molar-refractivity contribution in [1.82, 2.24) is 14.9 Å². The van der Waals surface area contributed by atoms with E-state index in [9.17, 15) is 4.79 Å². The van der Waals surface area contributed by atoms with Gasteiger partial charge in [-0.2, -0.15) is 0 Å². The zero-order valence-electron chi connectivity index (χ0n) is 11.5. The molecule has 0 spiro atoms. The second-order valence-electron chi connectivity index (χ2n) is 4.68. The molecular formula is C14H19N3OS. The lowest BCUT2D eigenvalue weighted by Crippen LogP contribution is -2.37. The topological polar surface area (TPSA) is 49.0 Å². The Hall–Kier alpha value is -1.62. The van der Waals surface area contributed by atoms with Gasteiger partial charge in [-0.1, -0.05) is 6.92 Å². The standard InChI is InChI=1S/C14H19N3OS/c1-4-11(3)17(8-13-10(2)5-6-19-13)14(18)12-7-15-9-16-12/h5-7,9,11H,4,8H2,1-3H3,(H,15,16)/t11-/m1/s1. The third-order valence-corrected chi connectivity index (χ3v) is 4.40. The van der Waals surface area contributed by atoms with E-state index in [0.717, 1.165) is 6.42 Å². The predicted molar refractivity (Wildman–Crippen MR) is 77.3 cm³/mol. The molecule has 0 aliphatic carbocycles. The van der Waals surface area contributed by atoms with Crippen LogP contribution in [0.2, 0.25) is 0 Å². The molecular weight excluding hydrogens is 258 g/mol. The van der Waals surface area contributed by atoms with Gasteiger partial charge < -0.3 is 9.88 Å². The molecule has 0 aromatic carbocycles. The fourth-order valence-electron chi connectivity index (χ4n) is 1.90. The highest BCUT2D eigenvalue weighted by Gasteiger charge is 2.22. The third-order valence-electron chi connectivity index (χ3n) is 3.39. The molecule has 2 aromatic heterocycles. The molecule has 1 N–H and O–H groups in total. The summed E-state index contributed by atoms with van der Waals surface area (Å²) in [5, 5.41) is 2.07. The van der Waals surface area contributed by atoms with Crippen molar-refractivity contribution in [3.8, 4) is 0 Å². The first kappa shape index (κ1) is 13.8. The van der Waals surface area contributed by atoms with Crippen LogP contribution < -0.4 is 0 Å². The van der Waals surface area contributed by atoms with Crippen molar-refractivity contribution in [1.29, 1.82) is 0 Å². The Morgan fingerprint density at radius 2 is 2.37 bits per heavy atom. The van der Waals surface area contributed by atoms with Gasteiger partial charge in [-0.25, -0.2) is 4.98 Å². The fraction of sp³-hybridized carbons (Fsp3) is 0.429. The van der Waals surface area contributed by atoms with Crippen LogP contribution in [0.3, 0.4) is 0 Å². The maximum Gasteiger partial charge on any atom is 0.272 e. The number of nitrogens with one attached hydrogen (secondary N) is 1. The molecule has 5 heteroatoms. The summed E-state index contributed by atoms with van der Waals surface area (Å²) in [6, 6.07) is 2.30. The van der Waals surface area contributed by atoms with Gasteiger partial charge in [0.15, 0.2) is 0 Å². The quantitative estimate of drug-likeness (QED) is 0.912. The minimum Gasteiger partial charge on any atom is -0.341 e.